The fourth-order valence-corrected chi connectivity index (χ4v) is 2.34. The zero-order valence-corrected chi connectivity index (χ0v) is 14.3. The van der Waals surface area contributed by atoms with Crippen LogP contribution in [0.15, 0.2) is 54.6 Å². The van der Waals surface area contributed by atoms with Crippen molar-refractivity contribution in [2.75, 3.05) is 17.2 Å². The summed E-state index contributed by atoms with van der Waals surface area (Å²) in [6.07, 6.45) is 0. The van der Waals surface area contributed by atoms with Crippen LogP contribution in [0.5, 0.6) is 0 Å². The van der Waals surface area contributed by atoms with Gasteiger partial charge in [0.25, 0.3) is 0 Å². The number of anilines is 2. The summed E-state index contributed by atoms with van der Waals surface area (Å²) in [5.74, 6) is -1.52. The summed E-state index contributed by atoms with van der Waals surface area (Å²) in [7, 11) is 0. The molecule has 0 spiro atoms. The molecule has 2 aromatic carbocycles. The van der Waals surface area contributed by atoms with Crippen LogP contribution in [-0.2, 0) is 20.9 Å². The molecule has 6 heteroatoms. The quantitative estimate of drug-likeness (QED) is 0.822. The highest BCUT2D eigenvalue weighted by Crippen LogP contribution is 2.15. The number of nitrogens with zero attached hydrogens (tertiary/aromatic N) is 1. The van der Waals surface area contributed by atoms with E-state index in [-0.39, 0.29) is 5.91 Å². The van der Waals surface area contributed by atoms with Crippen molar-refractivity contribution in [1.29, 1.82) is 0 Å². The molecule has 3 amide bonds. The van der Waals surface area contributed by atoms with Gasteiger partial charge in [-0.05, 0) is 30.7 Å². The normalized spacial score (nSPS) is 10.0. The Labute approximate surface area is 146 Å². The van der Waals surface area contributed by atoms with Crippen molar-refractivity contribution in [2.24, 2.45) is 0 Å². The van der Waals surface area contributed by atoms with Crippen LogP contribution in [0.2, 0.25) is 0 Å². The topological polar surface area (TPSA) is 78.5 Å². The number of carbonyl (C=O) groups is 3. The Kier molecular flexibility index (Phi) is 6.28. The van der Waals surface area contributed by atoms with Gasteiger partial charge in [0, 0.05) is 31.4 Å². The monoisotopic (exact) mass is 339 g/mol. The molecule has 0 aliphatic heterocycles. The molecule has 0 aliphatic rings. The molecule has 0 heterocycles. The van der Waals surface area contributed by atoms with Crippen LogP contribution in [0.3, 0.4) is 0 Å². The van der Waals surface area contributed by atoms with E-state index in [1.165, 1.54) is 11.8 Å². The van der Waals surface area contributed by atoms with Crippen molar-refractivity contribution in [3.05, 3.63) is 60.2 Å². The maximum atomic E-state index is 12.4. The fourth-order valence-electron chi connectivity index (χ4n) is 2.34. The standard InChI is InChI=1S/C19H21N3O3/c1-3-22(13-15-8-5-4-6-9-15)19(25)18(24)21-17-11-7-10-16(12-17)20-14(2)23/h4-12H,3,13H2,1-2H3,(H,20,23)(H,21,24). The van der Waals surface area contributed by atoms with Gasteiger partial charge in [-0.3, -0.25) is 14.4 Å². The van der Waals surface area contributed by atoms with E-state index in [2.05, 4.69) is 10.6 Å². The smallest absolute Gasteiger partial charge is 0.313 e. The van der Waals surface area contributed by atoms with Gasteiger partial charge in [0.15, 0.2) is 0 Å². The van der Waals surface area contributed by atoms with E-state index in [0.717, 1.165) is 5.56 Å². The van der Waals surface area contributed by atoms with Gasteiger partial charge in [0.2, 0.25) is 5.91 Å². The Balaban J connectivity index is 2.03. The van der Waals surface area contributed by atoms with E-state index in [1.807, 2.05) is 37.3 Å². The number of benzene rings is 2. The molecule has 130 valence electrons. The van der Waals surface area contributed by atoms with Crippen LogP contribution in [0.25, 0.3) is 0 Å². The summed E-state index contributed by atoms with van der Waals surface area (Å²) in [6.45, 7) is 4.02. The molecular weight excluding hydrogens is 318 g/mol. The van der Waals surface area contributed by atoms with Crippen molar-refractivity contribution in [3.8, 4) is 0 Å². The van der Waals surface area contributed by atoms with E-state index in [0.29, 0.717) is 24.5 Å². The third-order valence-electron chi connectivity index (χ3n) is 3.52. The summed E-state index contributed by atoms with van der Waals surface area (Å²) in [4.78, 5) is 37.2. The van der Waals surface area contributed by atoms with Gasteiger partial charge in [-0.25, -0.2) is 0 Å². The van der Waals surface area contributed by atoms with Gasteiger partial charge in [-0.2, -0.15) is 0 Å². The number of carbonyl (C=O) groups excluding carboxylic acids is 3. The Morgan fingerprint density at radius 3 is 2.16 bits per heavy atom. The first-order valence-corrected chi connectivity index (χ1v) is 8.01. The first-order valence-electron chi connectivity index (χ1n) is 8.01. The Morgan fingerprint density at radius 1 is 0.920 bits per heavy atom. The van der Waals surface area contributed by atoms with E-state index in [9.17, 15) is 14.4 Å². The largest absolute Gasteiger partial charge is 0.330 e. The highest BCUT2D eigenvalue weighted by molar-refractivity contribution is 6.39. The summed E-state index contributed by atoms with van der Waals surface area (Å²) in [6, 6.07) is 16.1. The van der Waals surface area contributed by atoms with Gasteiger partial charge in [0.05, 0.1) is 0 Å². The molecule has 0 aliphatic carbocycles. The van der Waals surface area contributed by atoms with E-state index >= 15 is 0 Å². The molecule has 25 heavy (non-hydrogen) atoms. The highest BCUT2D eigenvalue weighted by Gasteiger charge is 2.21. The van der Waals surface area contributed by atoms with Crippen LogP contribution in [0.4, 0.5) is 11.4 Å². The molecule has 0 atom stereocenters. The van der Waals surface area contributed by atoms with E-state index in [4.69, 9.17) is 0 Å². The van der Waals surface area contributed by atoms with Gasteiger partial charge < -0.3 is 15.5 Å². The molecule has 0 saturated carbocycles. The lowest BCUT2D eigenvalue weighted by atomic mass is 10.2. The van der Waals surface area contributed by atoms with E-state index < -0.39 is 11.8 Å². The van der Waals surface area contributed by atoms with Gasteiger partial charge in [-0.15, -0.1) is 0 Å². The summed E-state index contributed by atoms with van der Waals surface area (Å²) >= 11 is 0. The fraction of sp³-hybridized carbons (Fsp3) is 0.211. The Morgan fingerprint density at radius 2 is 1.56 bits per heavy atom. The lowest BCUT2D eigenvalue weighted by Crippen LogP contribution is -2.39. The first-order chi connectivity index (χ1) is 12.0. The average Bonchev–Trinajstić information content (AvgIpc) is 2.59. The molecule has 0 fully saturated rings. The minimum absolute atomic E-state index is 0.209. The molecule has 2 aromatic rings. The second-order valence-corrected chi connectivity index (χ2v) is 5.52. The summed E-state index contributed by atoms with van der Waals surface area (Å²) in [5.41, 5.74) is 1.95. The van der Waals surface area contributed by atoms with Crippen molar-refractivity contribution in [2.45, 2.75) is 20.4 Å². The second-order valence-electron chi connectivity index (χ2n) is 5.52. The maximum Gasteiger partial charge on any atom is 0.313 e. The highest BCUT2D eigenvalue weighted by atomic mass is 16.2. The molecule has 6 nitrogen and oxygen atoms in total. The van der Waals surface area contributed by atoms with Crippen LogP contribution in [-0.4, -0.2) is 29.2 Å². The summed E-state index contributed by atoms with van der Waals surface area (Å²) in [5, 5.41) is 5.20. The number of hydrogen-bond donors (Lipinski definition) is 2. The van der Waals surface area contributed by atoms with Crippen molar-refractivity contribution in [1.82, 2.24) is 4.90 Å². The van der Waals surface area contributed by atoms with Crippen LogP contribution >= 0.6 is 0 Å². The van der Waals surface area contributed by atoms with Crippen molar-refractivity contribution >= 4 is 29.1 Å². The average molecular weight is 339 g/mol. The molecule has 2 N–H and O–H groups in total. The molecular formula is C19H21N3O3. The Hall–Kier alpha value is -3.15. The van der Waals surface area contributed by atoms with Crippen LogP contribution in [0, 0.1) is 0 Å². The number of nitrogens with one attached hydrogen (secondary N) is 2. The SMILES string of the molecule is CCN(Cc1ccccc1)C(=O)C(=O)Nc1cccc(NC(C)=O)c1. The maximum absolute atomic E-state index is 12.4. The zero-order valence-electron chi connectivity index (χ0n) is 14.3. The molecule has 0 unspecified atom stereocenters. The third-order valence-corrected chi connectivity index (χ3v) is 3.52. The van der Waals surface area contributed by atoms with Crippen LogP contribution < -0.4 is 10.6 Å². The number of amides is 3. The predicted octanol–water partition coefficient (Wildman–Crippen LogP) is 2.63. The predicted molar refractivity (Wildman–Crippen MR) is 96.9 cm³/mol. The number of likely N-dealkylation sites (N-methyl/N-ethyl adjacent to an activating group) is 1. The number of hydrogen-bond acceptors (Lipinski definition) is 3. The lowest BCUT2D eigenvalue weighted by molar-refractivity contribution is -0.143. The van der Waals surface area contributed by atoms with Crippen molar-refractivity contribution < 1.29 is 14.4 Å². The molecule has 0 bridgehead atoms. The zero-order chi connectivity index (χ0) is 18.2. The molecule has 0 saturated heterocycles. The Bertz CT molecular complexity index is 760. The second kappa shape index (κ2) is 8.63. The van der Waals surface area contributed by atoms with Crippen molar-refractivity contribution in [3.63, 3.8) is 0 Å². The summed E-state index contributed by atoms with van der Waals surface area (Å²) < 4.78 is 0. The molecule has 0 aromatic heterocycles. The third kappa shape index (κ3) is 5.46. The lowest BCUT2D eigenvalue weighted by Gasteiger charge is -2.20. The van der Waals surface area contributed by atoms with Gasteiger partial charge in [-0.1, -0.05) is 36.4 Å². The first kappa shape index (κ1) is 18.2. The minimum atomic E-state index is -0.710. The van der Waals surface area contributed by atoms with Gasteiger partial charge in [0.1, 0.15) is 0 Å². The molecule has 2 rings (SSSR count). The minimum Gasteiger partial charge on any atom is -0.330 e. The number of rotatable bonds is 5. The van der Waals surface area contributed by atoms with E-state index in [1.54, 1.807) is 24.3 Å². The van der Waals surface area contributed by atoms with Crippen LogP contribution in [0.1, 0.15) is 19.4 Å². The van der Waals surface area contributed by atoms with Gasteiger partial charge >= 0.3 is 11.8 Å². The molecule has 0 radical (unpaired) electrons.